The minimum absolute atomic E-state index is 0.104. The molecule has 0 bridgehead atoms. The molecule has 0 N–H and O–H groups in total. The van der Waals surface area contributed by atoms with E-state index in [1.807, 2.05) is 12.1 Å². The lowest BCUT2D eigenvalue weighted by Crippen LogP contribution is -2.28. The molecule has 0 radical (unpaired) electrons. The average molecular weight is 363 g/mol. The van der Waals surface area contributed by atoms with Crippen molar-refractivity contribution in [2.45, 2.75) is 26.7 Å². The van der Waals surface area contributed by atoms with Crippen LogP contribution < -0.4 is 4.90 Å². The van der Waals surface area contributed by atoms with Gasteiger partial charge in [-0.25, -0.2) is 9.37 Å². The number of ether oxygens (including phenoxy) is 1. The van der Waals surface area contributed by atoms with Gasteiger partial charge in [0.15, 0.2) is 12.5 Å². The summed E-state index contributed by atoms with van der Waals surface area (Å²) >= 11 is 0. The van der Waals surface area contributed by atoms with Gasteiger partial charge in [-0.2, -0.15) is 5.26 Å². The van der Waals surface area contributed by atoms with Gasteiger partial charge in [-0.1, -0.05) is 13.8 Å². The molecule has 2 aromatic rings. The van der Waals surface area contributed by atoms with Crippen LogP contribution in [0.4, 0.5) is 10.2 Å². The number of nitriles is 1. The fraction of sp³-hybridized carbons (Fsp3) is 0.286. The number of Topliss-reactive ketones (excluding diaryl/α,β-unsaturated/α-hetero) is 1. The highest BCUT2D eigenvalue weighted by Gasteiger charge is 2.32. The number of halogens is 1. The van der Waals surface area contributed by atoms with E-state index in [1.165, 1.54) is 12.1 Å². The Morgan fingerprint density at radius 3 is 2.85 bits per heavy atom. The molecule has 0 amide bonds. The fourth-order valence-corrected chi connectivity index (χ4v) is 3.53. The van der Waals surface area contributed by atoms with Crippen molar-refractivity contribution in [2.24, 2.45) is 5.41 Å². The Hall–Kier alpha value is -3.20. The maximum absolute atomic E-state index is 13.7. The van der Waals surface area contributed by atoms with Gasteiger partial charge in [0, 0.05) is 17.5 Å². The third-order valence-electron chi connectivity index (χ3n) is 4.78. The summed E-state index contributed by atoms with van der Waals surface area (Å²) in [7, 11) is 0. The number of hydrogen-bond donors (Lipinski definition) is 0. The molecule has 0 atom stereocenters. The van der Waals surface area contributed by atoms with E-state index in [0.29, 0.717) is 29.1 Å². The lowest BCUT2D eigenvalue weighted by molar-refractivity contribution is 0.0910. The van der Waals surface area contributed by atoms with E-state index >= 15 is 0 Å². The van der Waals surface area contributed by atoms with E-state index in [9.17, 15) is 9.18 Å². The first-order chi connectivity index (χ1) is 12.8. The van der Waals surface area contributed by atoms with Crippen LogP contribution in [0.3, 0.4) is 0 Å². The number of rotatable bonds is 2. The first kappa shape index (κ1) is 17.2. The lowest BCUT2D eigenvalue weighted by atomic mass is 9.76. The van der Waals surface area contributed by atoms with Crippen molar-refractivity contribution in [3.8, 4) is 6.07 Å². The van der Waals surface area contributed by atoms with Crippen LogP contribution in [-0.2, 0) is 11.2 Å². The molecule has 6 heteroatoms. The molecule has 0 fully saturated rings. The van der Waals surface area contributed by atoms with Crippen LogP contribution >= 0.6 is 0 Å². The highest BCUT2D eigenvalue weighted by molar-refractivity contribution is 5.98. The number of hydrogen-bond acceptors (Lipinski definition) is 5. The van der Waals surface area contributed by atoms with Gasteiger partial charge in [-0.05, 0) is 42.2 Å². The Labute approximate surface area is 156 Å². The molecule has 5 nitrogen and oxygen atoms in total. The number of aromatic nitrogens is 1. The van der Waals surface area contributed by atoms with Crippen LogP contribution in [0.5, 0.6) is 0 Å². The summed E-state index contributed by atoms with van der Waals surface area (Å²) in [5, 5.41) is 9.01. The molecule has 136 valence electrons. The van der Waals surface area contributed by atoms with Crippen LogP contribution in [0, 0.1) is 22.6 Å². The zero-order valence-corrected chi connectivity index (χ0v) is 15.1. The van der Waals surface area contributed by atoms with Crippen LogP contribution in [0.1, 0.15) is 47.4 Å². The first-order valence-electron chi connectivity index (χ1n) is 8.70. The molecule has 0 spiro atoms. The summed E-state index contributed by atoms with van der Waals surface area (Å²) in [6, 6.07) is 9.65. The van der Waals surface area contributed by atoms with Crippen molar-refractivity contribution in [3.63, 3.8) is 0 Å². The predicted octanol–water partition coefficient (Wildman–Crippen LogP) is 4.04. The zero-order chi connectivity index (χ0) is 19.2. The number of nitrogens with zero attached hydrogens (tertiary/aromatic N) is 3. The molecule has 0 saturated carbocycles. The van der Waals surface area contributed by atoms with E-state index < -0.39 is 5.82 Å². The molecular weight excluding hydrogens is 345 g/mol. The Kier molecular flexibility index (Phi) is 3.96. The molecule has 2 heterocycles. The average Bonchev–Trinajstić information content (AvgIpc) is 3.09. The van der Waals surface area contributed by atoms with Crippen LogP contribution in [0.2, 0.25) is 0 Å². The number of pyridine rings is 1. The minimum atomic E-state index is -0.486. The number of benzene rings is 1. The number of ketones is 1. The first-order valence-corrected chi connectivity index (χ1v) is 8.70. The minimum Gasteiger partial charge on any atom is -0.471 e. The van der Waals surface area contributed by atoms with Crippen LogP contribution in [-0.4, -0.2) is 17.5 Å². The molecule has 27 heavy (non-hydrogen) atoms. The third-order valence-corrected chi connectivity index (χ3v) is 4.78. The molecule has 1 aliphatic carbocycles. The normalized spacial score (nSPS) is 17.8. The summed E-state index contributed by atoms with van der Waals surface area (Å²) in [4.78, 5) is 18.8. The van der Waals surface area contributed by atoms with Gasteiger partial charge in [0.1, 0.15) is 17.4 Å². The number of carbonyl (C=O) groups excluding carboxylic acids is 1. The summed E-state index contributed by atoms with van der Waals surface area (Å²) in [5.41, 5.74) is 2.12. The van der Waals surface area contributed by atoms with Crippen LogP contribution in [0.15, 0.2) is 36.5 Å². The molecule has 1 aromatic heterocycles. The van der Waals surface area contributed by atoms with Gasteiger partial charge in [-0.15, -0.1) is 0 Å². The summed E-state index contributed by atoms with van der Waals surface area (Å²) < 4.78 is 19.4. The Bertz CT molecular complexity index is 1020. The fourth-order valence-electron chi connectivity index (χ4n) is 3.53. The topological polar surface area (TPSA) is 66.2 Å². The Balaban J connectivity index is 1.65. The van der Waals surface area contributed by atoms with Gasteiger partial charge in [-0.3, -0.25) is 9.69 Å². The van der Waals surface area contributed by atoms with E-state index in [1.54, 1.807) is 23.2 Å². The quantitative estimate of drug-likeness (QED) is 0.806. The molecule has 1 aromatic carbocycles. The van der Waals surface area contributed by atoms with E-state index in [2.05, 4.69) is 18.8 Å². The van der Waals surface area contributed by atoms with Gasteiger partial charge in [0.2, 0.25) is 0 Å². The van der Waals surface area contributed by atoms with Crippen molar-refractivity contribution < 1.29 is 13.9 Å². The van der Waals surface area contributed by atoms with Gasteiger partial charge in [0.25, 0.3) is 0 Å². The van der Waals surface area contributed by atoms with E-state index in [4.69, 9.17) is 10.00 Å². The van der Waals surface area contributed by atoms with Gasteiger partial charge >= 0.3 is 0 Å². The van der Waals surface area contributed by atoms with Crippen molar-refractivity contribution in [3.05, 3.63) is 64.7 Å². The molecule has 4 rings (SSSR count). The number of fused-ring (bicyclic) bond motifs is 1. The number of anilines is 1. The molecule has 0 saturated heterocycles. The molecule has 2 aliphatic rings. The highest BCUT2D eigenvalue weighted by Crippen LogP contribution is 2.35. The SMILES string of the molecule is CC1(C)CC(=O)c2ccc(N3C=C(c4cc(F)cc(C#N)c4)OC3)nc2C1. The van der Waals surface area contributed by atoms with Gasteiger partial charge < -0.3 is 4.74 Å². The Morgan fingerprint density at radius 1 is 1.26 bits per heavy atom. The maximum atomic E-state index is 13.7. The maximum Gasteiger partial charge on any atom is 0.166 e. The van der Waals surface area contributed by atoms with Crippen molar-refractivity contribution in [1.82, 2.24) is 4.98 Å². The van der Waals surface area contributed by atoms with Crippen molar-refractivity contribution >= 4 is 17.4 Å². The van der Waals surface area contributed by atoms with Gasteiger partial charge in [0.05, 0.1) is 23.5 Å². The summed E-state index contributed by atoms with van der Waals surface area (Å²) in [6.07, 6.45) is 3.00. The standard InChI is InChI=1S/C21H18FN3O2/c1-21(2)8-17-16(18(26)9-21)3-4-20(24-17)25-11-19(27-12-25)14-5-13(10-23)6-15(22)7-14/h3-7,11H,8-9,12H2,1-2H3. The van der Waals surface area contributed by atoms with Crippen molar-refractivity contribution in [2.75, 3.05) is 11.6 Å². The van der Waals surface area contributed by atoms with Crippen molar-refractivity contribution in [1.29, 1.82) is 5.26 Å². The smallest absolute Gasteiger partial charge is 0.166 e. The number of carbonyl (C=O) groups is 1. The summed E-state index contributed by atoms with van der Waals surface area (Å²) in [5.74, 6) is 0.783. The van der Waals surface area contributed by atoms with Crippen LogP contribution in [0.25, 0.3) is 5.76 Å². The van der Waals surface area contributed by atoms with E-state index in [0.717, 1.165) is 12.1 Å². The second kappa shape index (κ2) is 6.20. The zero-order valence-electron chi connectivity index (χ0n) is 15.1. The molecule has 1 aliphatic heterocycles. The largest absolute Gasteiger partial charge is 0.471 e. The lowest BCUT2D eigenvalue weighted by Gasteiger charge is -2.30. The predicted molar refractivity (Wildman–Crippen MR) is 98.2 cm³/mol. The second-order valence-corrected chi connectivity index (χ2v) is 7.68. The third kappa shape index (κ3) is 3.28. The molecular formula is C21H18FN3O2. The monoisotopic (exact) mass is 363 g/mol. The highest BCUT2D eigenvalue weighted by atomic mass is 19.1. The van der Waals surface area contributed by atoms with E-state index in [-0.39, 0.29) is 23.5 Å². The Morgan fingerprint density at radius 2 is 2.07 bits per heavy atom. The summed E-state index contributed by atoms with van der Waals surface area (Å²) in [6.45, 7) is 4.36. The second-order valence-electron chi connectivity index (χ2n) is 7.68. The molecule has 0 unspecified atom stereocenters.